The highest BCUT2D eigenvalue weighted by molar-refractivity contribution is 7.94. The fraction of sp³-hybridized carbons (Fsp3) is 0.769. The van der Waals surface area contributed by atoms with Gasteiger partial charge in [0.05, 0.1) is 30.2 Å². The number of hydrogen-bond donors (Lipinski definition) is 7. The number of nitrogens with two attached hydrogens (primary N) is 1. The van der Waals surface area contributed by atoms with Crippen molar-refractivity contribution in [2.75, 3.05) is 62.1 Å². The average Bonchev–Trinajstić information content (AvgIpc) is 2.65. The maximum Gasteiger partial charge on any atom is 0.264 e. The Hall–Kier alpha value is -1.42. The Kier molecular flexibility index (Phi) is 13.1. The molecule has 1 heterocycles. The minimum atomic E-state index is -4.10. The third-order valence-corrected chi connectivity index (χ3v) is 5.77. The standard InChI is InChI=1S/C13H28N8O8S3/c14-11-18-12(20-13(19-11)30-29-10-15-9-17-22)16-3-6-21(4-1-7-31(23,24)25)5-2-8-32(26,27)28/h15,17,22H,1-10H2,(H,23,24,25)(H,26,27,28)(H3,14,16,18,19,20). The Labute approximate surface area is 190 Å². The minimum Gasteiger partial charge on any atom is -0.368 e. The Balaban J connectivity index is 2.56. The van der Waals surface area contributed by atoms with E-state index in [1.165, 1.54) is 0 Å². The maximum atomic E-state index is 10.9. The van der Waals surface area contributed by atoms with Crippen molar-refractivity contribution in [2.24, 2.45) is 0 Å². The smallest absolute Gasteiger partial charge is 0.264 e. The quantitative estimate of drug-likeness (QED) is 0.0372. The molecular weight excluding hydrogens is 492 g/mol. The van der Waals surface area contributed by atoms with Crippen LogP contribution in [0.4, 0.5) is 11.9 Å². The molecule has 0 aliphatic carbocycles. The zero-order chi connectivity index (χ0) is 24.0. The van der Waals surface area contributed by atoms with Crippen LogP contribution in [0.2, 0.25) is 0 Å². The lowest BCUT2D eigenvalue weighted by Crippen LogP contribution is -2.33. The van der Waals surface area contributed by atoms with Gasteiger partial charge >= 0.3 is 0 Å². The van der Waals surface area contributed by atoms with Crippen molar-refractivity contribution in [2.45, 2.75) is 18.0 Å². The topological polar surface area (TPSA) is 242 Å². The first kappa shape index (κ1) is 28.6. The van der Waals surface area contributed by atoms with Gasteiger partial charge in [-0.15, -0.1) is 0 Å². The molecule has 0 radical (unpaired) electrons. The van der Waals surface area contributed by atoms with E-state index in [4.69, 9.17) is 24.2 Å². The Bertz CT molecular complexity index is 851. The summed E-state index contributed by atoms with van der Waals surface area (Å²) in [4.78, 5) is 13.8. The van der Waals surface area contributed by atoms with Crippen LogP contribution < -0.4 is 21.8 Å². The SMILES string of the molecule is Nc1nc(NCCN(CCCS(=O)(=O)O)CCCS(=O)(=O)O)nc(SOCNCNO)n1. The van der Waals surface area contributed by atoms with Crippen LogP contribution >= 0.6 is 12.0 Å². The van der Waals surface area contributed by atoms with Crippen molar-refractivity contribution in [3.8, 4) is 0 Å². The normalized spacial score (nSPS) is 12.4. The molecule has 0 saturated carbocycles. The van der Waals surface area contributed by atoms with Crippen LogP contribution in [0.1, 0.15) is 12.8 Å². The number of anilines is 2. The Morgan fingerprint density at radius 3 is 2.19 bits per heavy atom. The van der Waals surface area contributed by atoms with E-state index in [9.17, 15) is 16.8 Å². The van der Waals surface area contributed by atoms with Crippen LogP contribution in [0.3, 0.4) is 0 Å². The summed E-state index contributed by atoms with van der Waals surface area (Å²) in [6.45, 7) is 1.43. The van der Waals surface area contributed by atoms with Gasteiger partial charge in [0.15, 0.2) is 0 Å². The molecule has 0 aliphatic heterocycles. The lowest BCUT2D eigenvalue weighted by atomic mass is 10.3. The highest BCUT2D eigenvalue weighted by Gasteiger charge is 2.12. The molecule has 1 aromatic heterocycles. The van der Waals surface area contributed by atoms with E-state index < -0.39 is 31.7 Å². The molecule has 0 aliphatic rings. The maximum absolute atomic E-state index is 10.9. The summed E-state index contributed by atoms with van der Waals surface area (Å²) < 4.78 is 66.5. The summed E-state index contributed by atoms with van der Waals surface area (Å²) in [7, 11) is -8.21. The molecule has 0 atom stereocenters. The predicted molar refractivity (Wildman–Crippen MR) is 116 cm³/mol. The molecular formula is C13H28N8O8S3. The molecule has 0 bridgehead atoms. The lowest BCUT2D eigenvalue weighted by molar-refractivity contribution is 0.148. The van der Waals surface area contributed by atoms with Crippen LogP contribution in [0, 0.1) is 0 Å². The van der Waals surface area contributed by atoms with Crippen molar-refractivity contribution in [1.29, 1.82) is 0 Å². The van der Waals surface area contributed by atoms with Gasteiger partial charge in [-0.1, -0.05) is 0 Å². The number of hydrogen-bond acceptors (Lipinski definition) is 15. The molecule has 19 heteroatoms. The number of hydroxylamine groups is 1. The highest BCUT2D eigenvalue weighted by atomic mass is 32.2. The molecule has 0 saturated heterocycles. The largest absolute Gasteiger partial charge is 0.368 e. The van der Waals surface area contributed by atoms with Crippen LogP contribution in [0.15, 0.2) is 5.16 Å². The highest BCUT2D eigenvalue weighted by Crippen LogP contribution is 2.15. The van der Waals surface area contributed by atoms with Crippen LogP contribution in [-0.4, -0.2) is 102 Å². The molecule has 0 amide bonds. The average molecular weight is 521 g/mol. The number of nitrogens with one attached hydrogen (secondary N) is 3. The van der Waals surface area contributed by atoms with E-state index in [2.05, 4.69) is 25.6 Å². The molecule has 0 unspecified atom stereocenters. The van der Waals surface area contributed by atoms with Crippen LogP contribution in [0.5, 0.6) is 0 Å². The van der Waals surface area contributed by atoms with Gasteiger partial charge in [-0.3, -0.25) is 18.6 Å². The first-order chi connectivity index (χ1) is 15.0. The second-order valence-electron chi connectivity index (χ2n) is 6.28. The van der Waals surface area contributed by atoms with E-state index in [1.807, 2.05) is 5.48 Å². The molecule has 0 spiro atoms. The third-order valence-electron chi connectivity index (χ3n) is 3.60. The first-order valence-electron chi connectivity index (χ1n) is 9.24. The summed E-state index contributed by atoms with van der Waals surface area (Å²) >= 11 is 0.840. The monoisotopic (exact) mass is 520 g/mol. The van der Waals surface area contributed by atoms with Crippen LogP contribution in [0.25, 0.3) is 0 Å². The minimum absolute atomic E-state index is 0.0447. The van der Waals surface area contributed by atoms with E-state index in [0.29, 0.717) is 13.1 Å². The van der Waals surface area contributed by atoms with E-state index >= 15 is 0 Å². The van der Waals surface area contributed by atoms with Crippen molar-refractivity contribution in [3.05, 3.63) is 0 Å². The summed E-state index contributed by atoms with van der Waals surface area (Å²) in [5, 5.41) is 14.3. The van der Waals surface area contributed by atoms with Crippen LogP contribution in [-0.2, 0) is 24.4 Å². The predicted octanol–water partition coefficient (Wildman–Crippen LogP) is -1.77. The zero-order valence-corrected chi connectivity index (χ0v) is 19.5. The summed E-state index contributed by atoms with van der Waals surface area (Å²) in [6, 6.07) is 0. The van der Waals surface area contributed by atoms with Gasteiger partial charge in [0, 0.05) is 13.1 Å². The van der Waals surface area contributed by atoms with Gasteiger partial charge in [-0.2, -0.15) is 37.3 Å². The molecule has 0 aromatic carbocycles. The van der Waals surface area contributed by atoms with Gasteiger partial charge in [0.2, 0.25) is 17.1 Å². The second kappa shape index (κ2) is 14.7. The molecule has 186 valence electrons. The summed E-state index contributed by atoms with van der Waals surface area (Å²) in [6.07, 6.45) is 0.281. The molecule has 16 nitrogen and oxygen atoms in total. The molecule has 1 rings (SSSR count). The lowest BCUT2D eigenvalue weighted by Gasteiger charge is -2.22. The fourth-order valence-electron chi connectivity index (χ4n) is 2.32. The van der Waals surface area contributed by atoms with Gasteiger partial charge in [0.1, 0.15) is 6.73 Å². The van der Waals surface area contributed by atoms with Crippen molar-refractivity contribution < 1.29 is 35.3 Å². The van der Waals surface area contributed by atoms with Gasteiger partial charge in [-0.25, -0.2) is 0 Å². The van der Waals surface area contributed by atoms with Gasteiger partial charge in [-0.05, 0) is 25.9 Å². The Morgan fingerprint density at radius 1 is 1.00 bits per heavy atom. The molecule has 0 fully saturated rings. The summed E-state index contributed by atoms with van der Waals surface area (Å²) in [5.41, 5.74) is 7.55. The van der Waals surface area contributed by atoms with Crippen molar-refractivity contribution in [3.63, 3.8) is 0 Å². The summed E-state index contributed by atoms with van der Waals surface area (Å²) in [5.74, 6) is -0.729. The third kappa shape index (κ3) is 15.4. The number of rotatable bonds is 18. The molecule has 1 aromatic rings. The number of nitrogen functional groups attached to an aromatic ring is 1. The van der Waals surface area contributed by atoms with E-state index in [-0.39, 0.29) is 56.4 Å². The number of nitrogens with zero attached hydrogens (tertiary/aromatic N) is 4. The van der Waals surface area contributed by atoms with Crippen molar-refractivity contribution in [1.82, 2.24) is 30.6 Å². The van der Waals surface area contributed by atoms with E-state index in [1.54, 1.807) is 4.90 Å². The molecule has 32 heavy (non-hydrogen) atoms. The van der Waals surface area contributed by atoms with E-state index in [0.717, 1.165) is 12.0 Å². The van der Waals surface area contributed by atoms with Gasteiger partial charge < -0.3 is 21.2 Å². The fourth-order valence-corrected chi connectivity index (χ4v) is 3.81. The second-order valence-corrected chi connectivity index (χ2v) is 10.2. The Morgan fingerprint density at radius 2 is 1.62 bits per heavy atom. The first-order valence-corrected chi connectivity index (χ1v) is 13.2. The molecule has 8 N–H and O–H groups in total. The van der Waals surface area contributed by atoms with Crippen molar-refractivity contribution >= 4 is 44.2 Å². The number of aromatic nitrogens is 3. The van der Waals surface area contributed by atoms with Gasteiger partial charge in [0.25, 0.3) is 20.2 Å². The zero-order valence-electron chi connectivity index (χ0n) is 17.0.